The Balaban J connectivity index is 1.23. The molecule has 0 unspecified atom stereocenters. The van der Waals surface area contributed by atoms with Crippen LogP contribution in [-0.2, 0) is 13.1 Å². The topological polar surface area (TPSA) is 121 Å². The van der Waals surface area contributed by atoms with Gasteiger partial charge in [-0.2, -0.15) is 0 Å². The van der Waals surface area contributed by atoms with Crippen molar-refractivity contribution in [2.45, 2.75) is 51.9 Å². The summed E-state index contributed by atoms with van der Waals surface area (Å²) in [4.78, 5) is 37.8. The van der Waals surface area contributed by atoms with Gasteiger partial charge in [0.15, 0.2) is 11.6 Å². The highest BCUT2D eigenvalue weighted by molar-refractivity contribution is 6.01. The molecular weight excluding hydrogens is 578 g/mol. The van der Waals surface area contributed by atoms with E-state index in [0.717, 1.165) is 47.1 Å². The molecule has 1 saturated carbocycles. The first-order valence-electron chi connectivity index (χ1n) is 14.7. The van der Waals surface area contributed by atoms with Crippen molar-refractivity contribution in [1.29, 1.82) is 0 Å². The average molecular weight is 611 g/mol. The van der Waals surface area contributed by atoms with Crippen molar-refractivity contribution in [2.75, 3.05) is 5.32 Å². The van der Waals surface area contributed by atoms with Gasteiger partial charge in [-0.3, -0.25) is 9.59 Å². The molecule has 2 amide bonds. The Kier molecular flexibility index (Phi) is 8.41. The zero-order valence-electron chi connectivity index (χ0n) is 24.8. The lowest BCUT2D eigenvalue weighted by Crippen LogP contribution is -2.25. The van der Waals surface area contributed by atoms with E-state index in [4.69, 9.17) is 4.74 Å². The van der Waals surface area contributed by atoms with Gasteiger partial charge in [-0.15, -0.1) is 0 Å². The molecule has 9 nitrogen and oxygen atoms in total. The monoisotopic (exact) mass is 610 g/mol. The predicted octanol–water partition coefficient (Wildman–Crippen LogP) is 6.12. The molecule has 6 rings (SSSR count). The highest BCUT2D eigenvalue weighted by Gasteiger charge is 2.24. The lowest BCUT2D eigenvalue weighted by molar-refractivity contribution is 0.0943. The Hall–Kier alpha value is -5.32. The predicted molar refractivity (Wildman–Crippen MR) is 167 cm³/mol. The summed E-state index contributed by atoms with van der Waals surface area (Å²) >= 11 is 0. The van der Waals surface area contributed by atoms with Crippen molar-refractivity contribution >= 4 is 28.7 Å². The maximum Gasteiger partial charge on any atom is 0.255 e. The Morgan fingerprint density at radius 3 is 2.60 bits per heavy atom. The molecule has 0 saturated heterocycles. The summed E-state index contributed by atoms with van der Waals surface area (Å²) in [5, 5.41) is 9.81. The Bertz CT molecular complexity index is 1890. The highest BCUT2D eigenvalue weighted by atomic mass is 19.2. The molecule has 0 atom stereocenters. The molecule has 3 aromatic heterocycles. The maximum atomic E-state index is 13.6. The number of amides is 2. The molecule has 3 heterocycles. The van der Waals surface area contributed by atoms with E-state index in [9.17, 15) is 18.4 Å². The molecule has 230 valence electrons. The normalized spacial score (nSPS) is 12.7. The number of ether oxygens (including phenoxy) is 1. The molecule has 0 bridgehead atoms. The summed E-state index contributed by atoms with van der Waals surface area (Å²) in [6.07, 6.45) is 6.95. The second-order valence-electron chi connectivity index (χ2n) is 11.3. The largest absolute Gasteiger partial charge is 0.491 e. The molecule has 4 N–H and O–H groups in total. The SMILES string of the molecule is CC(C)Oc1cc(CNc2ncccc2C(=O)NCc2ccc(F)c(F)c2)cc(-c2c[nH]c3ncc(C(=O)NC4CC4)cc23)c1. The number of fused-ring (bicyclic) bond motifs is 1. The fourth-order valence-electron chi connectivity index (χ4n) is 4.96. The minimum atomic E-state index is -0.975. The number of aromatic nitrogens is 3. The van der Waals surface area contributed by atoms with E-state index < -0.39 is 17.5 Å². The second-order valence-corrected chi connectivity index (χ2v) is 11.3. The standard InChI is InChI=1S/C34H32F2N6O3/c1-19(2)45-25-11-21(10-22(13-25)28-18-40-32-27(28)14-23(17-39-32)33(43)42-24-6-7-24)16-38-31-26(4-3-9-37-31)34(44)41-15-20-5-8-29(35)30(36)12-20/h3-5,8-14,17-19,24H,6-7,15-16H2,1-2H3,(H,37,38)(H,39,40)(H,41,44)(H,42,43). The number of hydrogen-bond donors (Lipinski definition) is 4. The van der Waals surface area contributed by atoms with Gasteiger partial charge in [0.2, 0.25) is 0 Å². The summed E-state index contributed by atoms with van der Waals surface area (Å²) in [6, 6.07) is 14.7. The minimum Gasteiger partial charge on any atom is -0.491 e. The lowest BCUT2D eigenvalue weighted by Gasteiger charge is -2.15. The molecule has 0 aliphatic heterocycles. The van der Waals surface area contributed by atoms with Crippen LogP contribution in [-0.4, -0.2) is 38.9 Å². The van der Waals surface area contributed by atoms with Crippen molar-refractivity contribution in [3.63, 3.8) is 0 Å². The number of carbonyl (C=O) groups excluding carboxylic acids is 2. The van der Waals surface area contributed by atoms with E-state index in [0.29, 0.717) is 40.4 Å². The Morgan fingerprint density at radius 2 is 1.82 bits per heavy atom. The van der Waals surface area contributed by atoms with Gasteiger partial charge in [0.1, 0.15) is 17.2 Å². The van der Waals surface area contributed by atoms with Crippen molar-refractivity contribution in [1.82, 2.24) is 25.6 Å². The molecule has 1 aliphatic carbocycles. The van der Waals surface area contributed by atoms with Gasteiger partial charge in [0, 0.05) is 48.7 Å². The number of nitrogens with one attached hydrogen (secondary N) is 4. The summed E-state index contributed by atoms with van der Waals surface area (Å²) in [6.45, 7) is 4.23. The molecule has 1 fully saturated rings. The summed E-state index contributed by atoms with van der Waals surface area (Å²) in [5.41, 5.74) is 4.49. The molecule has 45 heavy (non-hydrogen) atoms. The van der Waals surface area contributed by atoms with Crippen LogP contribution in [0.15, 0.2) is 73.2 Å². The van der Waals surface area contributed by atoms with Crippen LogP contribution in [0, 0.1) is 11.6 Å². The summed E-state index contributed by atoms with van der Waals surface area (Å²) in [7, 11) is 0. The zero-order valence-corrected chi connectivity index (χ0v) is 24.8. The molecule has 2 aromatic carbocycles. The van der Waals surface area contributed by atoms with Gasteiger partial charge in [0.05, 0.1) is 17.2 Å². The third-order valence-corrected chi connectivity index (χ3v) is 7.30. The number of nitrogens with zero attached hydrogens (tertiary/aromatic N) is 2. The third-order valence-electron chi connectivity index (χ3n) is 7.30. The first-order chi connectivity index (χ1) is 21.7. The number of halogens is 2. The first-order valence-corrected chi connectivity index (χ1v) is 14.7. The smallest absolute Gasteiger partial charge is 0.255 e. The van der Waals surface area contributed by atoms with Crippen molar-refractivity contribution in [3.05, 3.63) is 107 Å². The van der Waals surface area contributed by atoms with E-state index in [1.54, 1.807) is 24.5 Å². The van der Waals surface area contributed by atoms with Crippen LogP contribution >= 0.6 is 0 Å². The van der Waals surface area contributed by atoms with Gasteiger partial charge in [-0.1, -0.05) is 6.07 Å². The quantitative estimate of drug-likeness (QED) is 0.143. The van der Waals surface area contributed by atoms with Crippen LogP contribution in [0.25, 0.3) is 22.2 Å². The molecule has 5 aromatic rings. The maximum absolute atomic E-state index is 13.6. The van der Waals surface area contributed by atoms with Gasteiger partial charge < -0.3 is 25.7 Å². The van der Waals surface area contributed by atoms with E-state index in [-0.39, 0.29) is 24.6 Å². The van der Waals surface area contributed by atoms with Crippen LogP contribution in [0.3, 0.4) is 0 Å². The van der Waals surface area contributed by atoms with Gasteiger partial charge in [-0.05, 0) is 91.9 Å². The third kappa shape index (κ3) is 7.09. The summed E-state index contributed by atoms with van der Waals surface area (Å²) in [5.74, 6) is -1.45. The number of pyridine rings is 2. The average Bonchev–Trinajstić information content (AvgIpc) is 3.74. The number of rotatable bonds is 11. The molecule has 0 spiro atoms. The Morgan fingerprint density at radius 1 is 0.978 bits per heavy atom. The van der Waals surface area contributed by atoms with Crippen molar-refractivity contribution in [2.24, 2.45) is 0 Å². The van der Waals surface area contributed by atoms with E-state index in [1.807, 2.05) is 44.3 Å². The van der Waals surface area contributed by atoms with E-state index in [1.165, 1.54) is 6.07 Å². The molecule has 0 radical (unpaired) electrons. The van der Waals surface area contributed by atoms with Gasteiger partial charge >= 0.3 is 0 Å². The number of H-pyrrole nitrogens is 1. The highest BCUT2D eigenvalue weighted by Crippen LogP contribution is 2.33. The van der Waals surface area contributed by atoms with Crippen LogP contribution in [0.2, 0.25) is 0 Å². The van der Waals surface area contributed by atoms with Crippen LogP contribution in [0.5, 0.6) is 5.75 Å². The fourth-order valence-corrected chi connectivity index (χ4v) is 4.96. The molecule has 11 heteroatoms. The van der Waals surface area contributed by atoms with Crippen LogP contribution in [0.1, 0.15) is 58.5 Å². The minimum absolute atomic E-state index is 0.0196. The fraction of sp³-hybridized carbons (Fsp3) is 0.235. The van der Waals surface area contributed by atoms with Crippen LogP contribution < -0.4 is 20.7 Å². The number of anilines is 1. The van der Waals surface area contributed by atoms with E-state index in [2.05, 4.69) is 30.9 Å². The molecule has 1 aliphatic rings. The lowest BCUT2D eigenvalue weighted by atomic mass is 10.0. The number of carbonyl (C=O) groups is 2. The first kappa shape index (κ1) is 29.7. The summed E-state index contributed by atoms with van der Waals surface area (Å²) < 4.78 is 33.0. The Labute approximate surface area is 258 Å². The number of benzene rings is 2. The second kappa shape index (κ2) is 12.7. The zero-order chi connectivity index (χ0) is 31.5. The van der Waals surface area contributed by atoms with Crippen molar-refractivity contribution < 1.29 is 23.1 Å². The number of aromatic amines is 1. The van der Waals surface area contributed by atoms with Crippen LogP contribution in [0.4, 0.5) is 14.6 Å². The molecular formula is C34H32F2N6O3. The van der Waals surface area contributed by atoms with E-state index >= 15 is 0 Å². The van der Waals surface area contributed by atoms with Gasteiger partial charge in [0.25, 0.3) is 11.8 Å². The van der Waals surface area contributed by atoms with Crippen molar-refractivity contribution in [3.8, 4) is 16.9 Å². The van der Waals surface area contributed by atoms with Gasteiger partial charge in [-0.25, -0.2) is 18.7 Å². The number of hydrogen-bond acceptors (Lipinski definition) is 6.